The molecule has 2 unspecified atom stereocenters. The molecular weight excluding hydrogens is 339 g/mol. The highest BCUT2D eigenvalue weighted by atomic mass is 19.1. The van der Waals surface area contributed by atoms with Gasteiger partial charge in [0.05, 0.1) is 0 Å². The van der Waals surface area contributed by atoms with Gasteiger partial charge in [-0.05, 0) is 60.3 Å². The second-order valence-electron chi connectivity index (χ2n) is 8.02. The number of carbonyl (C=O) groups excluding carboxylic acids is 1. The van der Waals surface area contributed by atoms with Gasteiger partial charge in [0, 0.05) is 32.8 Å². The molecule has 1 N–H and O–H groups in total. The Morgan fingerprint density at radius 2 is 2.19 bits per heavy atom. The number of nitrogens with one attached hydrogen (secondary N) is 1. The van der Waals surface area contributed by atoms with Crippen LogP contribution in [0.2, 0.25) is 0 Å². The van der Waals surface area contributed by atoms with E-state index in [1.54, 1.807) is 18.2 Å². The van der Waals surface area contributed by atoms with E-state index < -0.39 is 0 Å². The van der Waals surface area contributed by atoms with E-state index in [1.807, 2.05) is 12.1 Å². The molecule has 1 saturated heterocycles. The molecule has 4 atom stereocenters. The number of anilines is 1. The van der Waals surface area contributed by atoms with Crippen molar-refractivity contribution in [3.63, 3.8) is 0 Å². The number of rotatable bonds is 6. The zero-order valence-electron chi connectivity index (χ0n) is 15.8. The van der Waals surface area contributed by atoms with Crippen LogP contribution < -0.4 is 10.2 Å². The van der Waals surface area contributed by atoms with Gasteiger partial charge in [-0.3, -0.25) is 4.79 Å². The summed E-state index contributed by atoms with van der Waals surface area (Å²) >= 11 is 0. The molecule has 1 aromatic rings. The summed E-state index contributed by atoms with van der Waals surface area (Å²) in [4.78, 5) is 14.3. The second kappa shape index (κ2) is 7.71. The summed E-state index contributed by atoms with van der Waals surface area (Å²) in [6.45, 7) is 4.92. The fourth-order valence-corrected chi connectivity index (χ4v) is 4.54. The molecule has 0 bridgehead atoms. The lowest BCUT2D eigenvalue weighted by Crippen LogP contribution is -2.26. The first-order chi connectivity index (χ1) is 13.1. The predicted octanol–water partition coefficient (Wildman–Crippen LogP) is 4.34. The van der Waals surface area contributed by atoms with Gasteiger partial charge >= 0.3 is 0 Å². The summed E-state index contributed by atoms with van der Waals surface area (Å²) < 4.78 is 13.4. The number of fused-ring (bicyclic) bond motifs is 1. The fourth-order valence-electron chi connectivity index (χ4n) is 4.54. The maximum Gasteiger partial charge on any atom is 0.243 e. The second-order valence-corrected chi connectivity index (χ2v) is 8.02. The van der Waals surface area contributed by atoms with E-state index in [0.29, 0.717) is 23.7 Å². The standard InChI is InChI=1S/C23H27FN2O.H2/c1-16-5-2-3-6-17(16)9-10-23(27)25-12-11-20-21-14-26(15-22(20)21)19-8-4-7-18(24)13-19;/h2-4,6-10,13,16,20-22H,5,11-12,14-15H2,1H3,(H,25,27);1H/b10-9+;/t16?,20?,21-,22+;. The van der Waals surface area contributed by atoms with Crippen molar-refractivity contribution >= 4 is 11.6 Å². The molecule has 1 saturated carbocycles. The molecule has 1 aliphatic heterocycles. The van der Waals surface area contributed by atoms with Gasteiger partial charge in [-0.1, -0.05) is 37.3 Å². The lowest BCUT2D eigenvalue weighted by molar-refractivity contribution is -0.116. The van der Waals surface area contributed by atoms with Crippen LogP contribution in [0.3, 0.4) is 0 Å². The van der Waals surface area contributed by atoms with Crippen LogP contribution >= 0.6 is 0 Å². The Bertz CT molecular complexity index is 792. The predicted molar refractivity (Wildman–Crippen MR) is 109 cm³/mol. The zero-order valence-corrected chi connectivity index (χ0v) is 15.8. The van der Waals surface area contributed by atoms with E-state index in [2.05, 4.69) is 35.4 Å². The van der Waals surface area contributed by atoms with Crippen molar-refractivity contribution in [3.8, 4) is 0 Å². The summed E-state index contributed by atoms with van der Waals surface area (Å²) in [6.07, 6.45) is 11.9. The van der Waals surface area contributed by atoms with E-state index in [9.17, 15) is 9.18 Å². The maximum absolute atomic E-state index is 13.4. The minimum absolute atomic E-state index is 0. The lowest BCUT2D eigenvalue weighted by atomic mass is 9.93. The number of carbonyl (C=O) groups is 1. The normalized spacial score (nSPS) is 29.0. The molecule has 0 radical (unpaired) electrons. The van der Waals surface area contributed by atoms with Crippen molar-refractivity contribution in [2.45, 2.75) is 19.8 Å². The van der Waals surface area contributed by atoms with E-state index in [0.717, 1.165) is 38.2 Å². The Morgan fingerprint density at radius 3 is 2.93 bits per heavy atom. The van der Waals surface area contributed by atoms with Crippen LogP contribution in [-0.2, 0) is 4.79 Å². The molecule has 0 aromatic heterocycles. The number of allylic oxidation sites excluding steroid dienone is 5. The Hall–Kier alpha value is -2.36. The van der Waals surface area contributed by atoms with Gasteiger partial charge in [-0.25, -0.2) is 4.39 Å². The summed E-state index contributed by atoms with van der Waals surface area (Å²) in [6, 6.07) is 6.86. The molecule has 0 spiro atoms. The molecule has 3 aliphatic rings. The van der Waals surface area contributed by atoms with Crippen molar-refractivity contribution in [2.24, 2.45) is 23.7 Å². The van der Waals surface area contributed by atoms with Gasteiger partial charge in [0.15, 0.2) is 0 Å². The largest absolute Gasteiger partial charge is 0.371 e. The van der Waals surface area contributed by atoms with Crippen LogP contribution in [0.4, 0.5) is 10.1 Å². The average Bonchev–Trinajstić information content (AvgIpc) is 3.10. The van der Waals surface area contributed by atoms with Crippen LogP contribution in [-0.4, -0.2) is 25.5 Å². The average molecular weight is 368 g/mol. The molecule has 1 aromatic carbocycles. The van der Waals surface area contributed by atoms with Gasteiger partial charge in [-0.15, -0.1) is 0 Å². The Morgan fingerprint density at radius 1 is 1.37 bits per heavy atom. The van der Waals surface area contributed by atoms with E-state index in [1.165, 1.54) is 11.6 Å². The van der Waals surface area contributed by atoms with Crippen molar-refractivity contribution in [1.82, 2.24) is 5.32 Å². The van der Waals surface area contributed by atoms with E-state index >= 15 is 0 Å². The van der Waals surface area contributed by atoms with Crippen molar-refractivity contribution in [1.29, 1.82) is 0 Å². The monoisotopic (exact) mass is 368 g/mol. The third-order valence-corrected chi connectivity index (χ3v) is 6.23. The van der Waals surface area contributed by atoms with Crippen LogP contribution in [0.5, 0.6) is 0 Å². The zero-order chi connectivity index (χ0) is 18.8. The first kappa shape index (κ1) is 18.0. The minimum Gasteiger partial charge on any atom is -0.371 e. The molecule has 1 heterocycles. The van der Waals surface area contributed by atoms with Crippen molar-refractivity contribution in [3.05, 3.63) is 66.0 Å². The highest BCUT2D eigenvalue weighted by molar-refractivity contribution is 5.87. The molecule has 4 rings (SSSR count). The van der Waals surface area contributed by atoms with Gasteiger partial charge in [-0.2, -0.15) is 0 Å². The fraction of sp³-hybridized carbons (Fsp3) is 0.435. The van der Waals surface area contributed by atoms with Gasteiger partial charge in [0.25, 0.3) is 0 Å². The number of amides is 1. The SMILES string of the molecule is CC1CC=CC=C1/C=C/C(=O)NCCC1[C@H]2CN(c3cccc(F)c3)C[C@@H]12.[HH]. The van der Waals surface area contributed by atoms with Crippen molar-refractivity contribution < 1.29 is 10.6 Å². The summed E-state index contributed by atoms with van der Waals surface area (Å²) in [5.41, 5.74) is 2.20. The number of hydrogen-bond donors (Lipinski definition) is 1. The smallest absolute Gasteiger partial charge is 0.243 e. The van der Waals surface area contributed by atoms with E-state index in [-0.39, 0.29) is 13.2 Å². The number of benzene rings is 1. The van der Waals surface area contributed by atoms with Crippen LogP contribution in [0, 0.1) is 29.5 Å². The third-order valence-electron chi connectivity index (χ3n) is 6.23. The lowest BCUT2D eigenvalue weighted by Gasteiger charge is -2.22. The van der Waals surface area contributed by atoms with Gasteiger partial charge in [0.2, 0.25) is 5.91 Å². The number of piperidine rings is 1. The van der Waals surface area contributed by atoms with Gasteiger partial charge in [0.1, 0.15) is 5.82 Å². The Balaban J connectivity index is 0.00000225. The number of hydrogen-bond acceptors (Lipinski definition) is 2. The highest BCUT2D eigenvalue weighted by Crippen LogP contribution is 2.54. The summed E-state index contributed by atoms with van der Waals surface area (Å²) in [5.74, 6) is 2.39. The molecule has 27 heavy (non-hydrogen) atoms. The molecule has 144 valence electrons. The third kappa shape index (κ3) is 4.15. The topological polar surface area (TPSA) is 32.3 Å². The van der Waals surface area contributed by atoms with Crippen LogP contribution in [0.15, 0.2) is 60.2 Å². The molecule has 1 amide bonds. The van der Waals surface area contributed by atoms with Gasteiger partial charge < -0.3 is 10.2 Å². The number of nitrogens with zero attached hydrogens (tertiary/aromatic N) is 1. The van der Waals surface area contributed by atoms with Crippen molar-refractivity contribution in [2.75, 3.05) is 24.5 Å². The summed E-state index contributed by atoms with van der Waals surface area (Å²) in [7, 11) is 0. The molecule has 4 heteroatoms. The summed E-state index contributed by atoms with van der Waals surface area (Å²) in [5, 5.41) is 3.01. The molecule has 2 fully saturated rings. The highest BCUT2D eigenvalue weighted by Gasteiger charge is 2.54. The molecular formula is C23H29FN2O. The maximum atomic E-state index is 13.4. The van der Waals surface area contributed by atoms with E-state index in [4.69, 9.17) is 0 Å². The quantitative estimate of drug-likeness (QED) is 0.758. The van der Waals surface area contributed by atoms with Crippen LogP contribution in [0.1, 0.15) is 21.2 Å². The first-order valence-electron chi connectivity index (χ1n) is 9.95. The first-order valence-corrected chi connectivity index (χ1v) is 9.95. The molecule has 2 aliphatic carbocycles. The van der Waals surface area contributed by atoms with Crippen LogP contribution in [0.25, 0.3) is 0 Å². The minimum atomic E-state index is -0.171. The Labute approximate surface area is 162 Å². The number of halogens is 1. The molecule has 3 nitrogen and oxygen atoms in total. The Kier molecular flexibility index (Phi) is 5.15.